The van der Waals surface area contributed by atoms with Crippen LogP contribution >= 0.6 is 0 Å². The Hall–Kier alpha value is -0.340. The molecule has 0 aliphatic carbocycles. The molecule has 2 nitrogen and oxygen atoms in total. The third kappa shape index (κ3) is 1.01. The van der Waals surface area contributed by atoms with E-state index >= 15 is 0 Å². The van der Waals surface area contributed by atoms with Crippen LogP contribution < -0.4 is 5.73 Å². The Kier molecular flexibility index (Phi) is 1.13. The van der Waals surface area contributed by atoms with E-state index < -0.39 is 0 Å². The molecule has 0 aromatic carbocycles. The van der Waals surface area contributed by atoms with Crippen molar-refractivity contribution in [2.24, 2.45) is 5.73 Å². The fraction of sp³-hybridized carbons (Fsp3) is 0.600. The molecule has 0 amide bonds. The lowest BCUT2D eigenvalue weighted by molar-refractivity contribution is 0.482. The Bertz CT molecular complexity index is 76.1. The summed E-state index contributed by atoms with van der Waals surface area (Å²) in [6, 6.07) is 0. The Morgan fingerprint density at radius 3 is 2.43 bits per heavy atom. The Morgan fingerprint density at radius 1 is 1.71 bits per heavy atom. The molecule has 7 heavy (non-hydrogen) atoms. The van der Waals surface area contributed by atoms with Crippen molar-refractivity contribution in [1.82, 2.24) is 4.90 Å². The third-order valence-corrected chi connectivity index (χ3v) is 1.14. The molecule has 2 heteroatoms. The maximum atomic E-state index is 5.49. The second-order valence-corrected chi connectivity index (χ2v) is 1.76. The van der Waals surface area contributed by atoms with Crippen LogP contribution in [0.5, 0.6) is 0 Å². The van der Waals surface area contributed by atoms with Crippen LogP contribution in [0.3, 0.4) is 0 Å². The van der Waals surface area contributed by atoms with Gasteiger partial charge < -0.3 is 5.73 Å². The molecule has 0 aromatic heterocycles. The monoisotopic (exact) mass is 98.1 g/mol. The number of nitrogens with zero attached hydrogens (tertiary/aromatic N) is 1. The van der Waals surface area contributed by atoms with Crippen LogP contribution in [0, 0.1) is 0 Å². The van der Waals surface area contributed by atoms with E-state index in [0.717, 1.165) is 13.1 Å². The van der Waals surface area contributed by atoms with E-state index in [-0.39, 0.29) is 6.17 Å². The van der Waals surface area contributed by atoms with Crippen molar-refractivity contribution in [3.8, 4) is 0 Å². The molecule has 1 aliphatic rings. The normalized spacial score (nSPS) is 24.1. The van der Waals surface area contributed by atoms with E-state index in [4.69, 9.17) is 5.73 Å². The van der Waals surface area contributed by atoms with Gasteiger partial charge in [0.25, 0.3) is 0 Å². The van der Waals surface area contributed by atoms with Crippen molar-refractivity contribution >= 4 is 0 Å². The summed E-state index contributed by atoms with van der Waals surface area (Å²) in [7, 11) is 0. The van der Waals surface area contributed by atoms with Gasteiger partial charge in [0.1, 0.15) is 0 Å². The van der Waals surface area contributed by atoms with Crippen molar-refractivity contribution < 1.29 is 0 Å². The molecular formula is C5H10N2. The predicted octanol–water partition coefficient (Wildman–Crippen LogP) is -0.227. The molecule has 0 spiro atoms. The van der Waals surface area contributed by atoms with Crippen LogP contribution in [0.15, 0.2) is 12.7 Å². The van der Waals surface area contributed by atoms with E-state index in [1.807, 2.05) is 0 Å². The quantitative estimate of drug-likeness (QED) is 0.382. The highest BCUT2D eigenvalue weighted by Crippen LogP contribution is 2.05. The number of hydrogen-bond acceptors (Lipinski definition) is 2. The van der Waals surface area contributed by atoms with Gasteiger partial charge in [0.2, 0.25) is 0 Å². The van der Waals surface area contributed by atoms with Gasteiger partial charge in [-0.25, -0.2) is 0 Å². The van der Waals surface area contributed by atoms with Crippen LogP contribution in [-0.4, -0.2) is 24.2 Å². The first-order valence-electron chi connectivity index (χ1n) is 2.47. The zero-order chi connectivity index (χ0) is 5.28. The Morgan fingerprint density at radius 2 is 2.29 bits per heavy atom. The molecule has 0 radical (unpaired) electrons. The molecule has 1 rings (SSSR count). The first-order chi connectivity index (χ1) is 3.34. The third-order valence-electron chi connectivity index (χ3n) is 1.14. The summed E-state index contributed by atoms with van der Waals surface area (Å²) >= 11 is 0. The molecule has 0 saturated carbocycles. The van der Waals surface area contributed by atoms with Gasteiger partial charge in [0, 0.05) is 13.1 Å². The van der Waals surface area contributed by atoms with E-state index in [2.05, 4.69) is 11.5 Å². The lowest BCUT2D eigenvalue weighted by atomic mass is 10.5. The standard InChI is InChI=1S/C5H10N2/c1-2-5(6)7-3-4-7/h2,5H,1,3-4,6H2. The first kappa shape index (κ1) is 4.81. The average molecular weight is 98.1 g/mol. The van der Waals surface area contributed by atoms with Crippen molar-refractivity contribution in [3.05, 3.63) is 12.7 Å². The Labute approximate surface area is 43.6 Å². The summed E-state index contributed by atoms with van der Waals surface area (Å²) in [6.07, 6.45) is 1.87. The van der Waals surface area contributed by atoms with Gasteiger partial charge in [-0.15, -0.1) is 6.58 Å². The van der Waals surface area contributed by atoms with Crippen LogP contribution in [0.4, 0.5) is 0 Å². The van der Waals surface area contributed by atoms with E-state index in [0.29, 0.717) is 0 Å². The largest absolute Gasteiger partial charge is 0.312 e. The van der Waals surface area contributed by atoms with Gasteiger partial charge in [-0.2, -0.15) is 0 Å². The summed E-state index contributed by atoms with van der Waals surface area (Å²) in [5.41, 5.74) is 5.49. The second-order valence-electron chi connectivity index (χ2n) is 1.76. The van der Waals surface area contributed by atoms with Gasteiger partial charge in [-0.05, 0) is 0 Å². The maximum Gasteiger partial charge on any atom is 0.0762 e. The number of hydrogen-bond donors (Lipinski definition) is 1. The van der Waals surface area contributed by atoms with Gasteiger partial charge in [0.15, 0.2) is 0 Å². The highest BCUT2D eigenvalue weighted by atomic mass is 15.3. The average Bonchev–Trinajstić information content (AvgIpc) is 2.44. The van der Waals surface area contributed by atoms with Gasteiger partial charge >= 0.3 is 0 Å². The molecule has 1 heterocycles. The molecule has 1 atom stereocenters. The lowest BCUT2D eigenvalue weighted by Crippen LogP contribution is -2.25. The molecule has 1 saturated heterocycles. The highest BCUT2D eigenvalue weighted by Gasteiger charge is 2.21. The lowest BCUT2D eigenvalue weighted by Gasteiger charge is -2.02. The van der Waals surface area contributed by atoms with Crippen molar-refractivity contribution in [1.29, 1.82) is 0 Å². The molecule has 0 aromatic rings. The maximum absolute atomic E-state index is 5.49. The van der Waals surface area contributed by atoms with Crippen LogP contribution in [0.2, 0.25) is 0 Å². The van der Waals surface area contributed by atoms with Crippen molar-refractivity contribution in [2.75, 3.05) is 13.1 Å². The minimum absolute atomic E-state index is 0.111. The fourth-order valence-electron chi connectivity index (χ4n) is 0.505. The summed E-state index contributed by atoms with van der Waals surface area (Å²) in [4.78, 5) is 2.13. The van der Waals surface area contributed by atoms with Gasteiger partial charge in [-0.1, -0.05) is 6.08 Å². The van der Waals surface area contributed by atoms with Crippen LogP contribution in [0.1, 0.15) is 0 Å². The zero-order valence-electron chi connectivity index (χ0n) is 4.30. The summed E-state index contributed by atoms with van der Waals surface area (Å²) in [6.45, 7) is 5.85. The molecular weight excluding hydrogens is 88.1 g/mol. The minimum atomic E-state index is 0.111. The van der Waals surface area contributed by atoms with Gasteiger partial charge in [-0.3, -0.25) is 4.90 Å². The summed E-state index contributed by atoms with van der Waals surface area (Å²) < 4.78 is 0. The summed E-state index contributed by atoms with van der Waals surface area (Å²) in [5.74, 6) is 0. The van der Waals surface area contributed by atoms with Crippen LogP contribution in [0.25, 0.3) is 0 Å². The predicted molar refractivity (Wildman–Crippen MR) is 29.7 cm³/mol. The smallest absolute Gasteiger partial charge is 0.0762 e. The molecule has 2 N–H and O–H groups in total. The van der Waals surface area contributed by atoms with Gasteiger partial charge in [0.05, 0.1) is 6.17 Å². The van der Waals surface area contributed by atoms with Crippen molar-refractivity contribution in [3.63, 3.8) is 0 Å². The topological polar surface area (TPSA) is 29.0 Å². The van der Waals surface area contributed by atoms with Crippen LogP contribution in [-0.2, 0) is 0 Å². The zero-order valence-corrected chi connectivity index (χ0v) is 4.30. The van der Waals surface area contributed by atoms with E-state index in [1.54, 1.807) is 6.08 Å². The van der Waals surface area contributed by atoms with E-state index in [1.165, 1.54) is 0 Å². The SMILES string of the molecule is C=CC(N)N1CC1. The molecule has 1 unspecified atom stereocenters. The fourth-order valence-corrected chi connectivity index (χ4v) is 0.505. The summed E-state index contributed by atoms with van der Waals surface area (Å²) in [5, 5.41) is 0. The molecule has 40 valence electrons. The first-order valence-corrected chi connectivity index (χ1v) is 2.47. The number of rotatable bonds is 2. The highest BCUT2D eigenvalue weighted by molar-refractivity contribution is 4.89. The molecule has 1 aliphatic heterocycles. The molecule has 1 fully saturated rings. The van der Waals surface area contributed by atoms with Crippen molar-refractivity contribution in [2.45, 2.75) is 6.17 Å². The molecule has 0 bridgehead atoms. The number of nitrogens with two attached hydrogens (primary N) is 1. The minimum Gasteiger partial charge on any atom is -0.312 e. The Balaban J connectivity index is 2.22. The van der Waals surface area contributed by atoms with E-state index in [9.17, 15) is 0 Å². The second kappa shape index (κ2) is 1.64.